The van der Waals surface area contributed by atoms with Crippen molar-refractivity contribution in [2.45, 2.75) is 46.1 Å². The molecular weight excluding hydrogens is 256 g/mol. The molecule has 1 aromatic carbocycles. The number of aromatic nitrogens is 1. The fraction of sp³-hybridized carbons (Fsp3) is 0.579. The second-order valence-corrected chi connectivity index (χ2v) is 7.07. The van der Waals surface area contributed by atoms with E-state index in [0.29, 0.717) is 0 Å². The lowest BCUT2D eigenvalue weighted by atomic mass is 9.89. The smallest absolute Gasteiger partial charge is 0.0456 e. The highest BCUT2D eigenvalue weighted by atomic mass is 15.1. The Hall–Kier alpha value is -1.28. The highest BCUT2D eigenvalue weighted by molar-refractivity contribution is 5.80. The van der Waals surface area contributed by atoms with Crippen LogP contribution in [0.5, 0.6) is 0 Å². The SMILES string of the molecule is CC(C)CCC1CCN(Cc2cc3ccccc3[nH]2)CC1. The summed E-state index contributed by atoms with van der Waals surface area (Å²) in [4.78, 5) is 6.16. The number of para-hydroxylation sites is 1. The number of fused-ring (bicyclic) bond motifs is 1. The maximum absolute atomic E-state index is 3.55. The highest BCUT2D eigenvalue weighted by Gasteiger charge is 2.19. The molecule has 2 heterocycles. The van der Waals surface area contributed by atoms with Crippen molar-refractivity contribution in [3.63, 3.8) is 0 Å². The molecular formula is C19H28N2. The van der Waals surface area contributed by atoms with Crippen LogP contribution in [0.3, 0.4) is 0 Å². The van der Waals surface area contributed by atoms with E-state index in [0.717, 1.165) is 18.4 Å². The van der Waals surface area contributed by atoms with Gasteiger partial charge in [-0.3, -0.25) is 4.90 Å². The van der Waals surface area contributed by atoms with Gasteiger partial charge in [0.15, 0.2) is 0 Å². The second kappa shape index (κ2) is 6.65. The summed E-state index contributed by atoms with van der Waals surface area (Å²) in [6.07, 6.45) is 5.59. The van der Waals surface area contributed by atoms with Crippen LogP contribution in [0.1, 0.15) is 45.2 Å². The maximum atomic E-state index is 3.55. The third kappa shape index (κ3) is 3.88. The predicted molar refractivity (Wildman–Crippen MR) is 90.4 cm³/mol. The van der Waals surface area contributed by atoms with E-state index in [1.165, 1.54) is 55.4 Å². The molecule has 1 aromatic heterocycles. The molecule has 114 valence electrons. The molecule has 0 amide bonds. The molecule has 1 aliphatic heterocycles. The molecule has 21 heavy (non-hydrogen) atoms. The lowest BCUT2D eigenvalue weighted by Gasteiger charge is -2.32. The summed E-state index contributed by atoms with van der Waals surface area (Å²) in [5.41, 5.74) is 2.62. The number of aromatic amines is 1. The minimum absolute atomic E-state index is 0.856. The zero-order valence-electron chi connectivity index (χ0n) is 13.4. The van der Waals surface area contributed by atoms with Crippen molar-refractivity contribution in [3.8, 4) is 0 Å². The Morgan fingerprint density at radius 3 is 2.67 bits per heavy atom. The van der Waals surface area contributed by atoms with E-state index >= 15 is 0 Å². The molecule has 2 heteroatoms. The third-order valence-corrected chi connectivity index (χ3v) is 4.84. The predicted octanol–water partition coefficient (Wildman–Crippen LogP) is 4.82. The van der Waals surface area contributed by atoms with Gasteiger partial charge < -0.3 is 4.98 Å². The summed E-state index contributed by atoms with van der Waals surface area (Å²) in [6, 6.07) is 10.9. The molecule has 1 fully saturated rings. The molecule has 0 atom stereocenters. The molecule has 1 aliphatic rings. The first-order valence-corrected chi connectivity index (χ1v) is 8.49. The Morgan fingerprint density at radius 1 is 1.19 bits per heavy atom. The number of nitrogens with one attached hydrogen (secondary N) is 1. The van der Waals surface area contributed by atoms with Gasteiger partial charge in [0.2, 0.25) is 0 Å². The minimum Gasteiger partial charge on any atom is -0.357 e. The van der Waals surface area contributed by atoms with E-state index in [2.05, 4.69) is 54.1 Å². The van der Waals surface area contributed by atoms with Crippen LogP contribution in [-0.4, -0.2) is 23.0 Å². The van der Waals surface area contributed by atoms with Gasteiger partial charge in [0.1, 0.15) is 0 Å². The Labute approximate surface area is 128 Å². The zero-order valence-corrected chi connectivity index (χ0v) is 13.4. The number of H-pyrrole nitrogens is 1. The number of nitrogens with zero attached hydrogens (tertiary/aromatic N) is 1. The van der Waals surface area contributed by atoms with Crippen LogP contribution >= 0.6 is 0 Å². The molecule has 1 saturated heterocycles. The molecule has 0 bridgehead atoms. The molecule has 1 N–H and O–H groups in total. The summed E-state index contributed by atoms with van der Waals surface area (Å²) in [5.74, 6) is 1.82. The molecule has 3 rings (SSSR count). The Morgan fingerprint density at radius 2 is 1.95 bits per heavy atom. The van der Waals surface area contributed by atoms with Crippen LogP contribution in [-0.2, 0) is 6.54 Å². The molecule has 2 aromatic rings. The van der Waals surface area contributed by atoms with Crippen molar-refractivity contribution >= 4 is 10.9 Å². The van der Waals surface area contributed by atoms with Crippen molar-refractivity contribution in [1.82, 2.24) is 9.88 Å². The normalized spacial score (nSPS) is 17.9. The number of hydrogen-bond donors (Lipinski definition) is 1. The van der Waals surface area contributed by atoms with Crippen molar-refractivity contribution in [3.05, 3.63) is 36.0 Å². The number of piperidine rings is 1. The average molecular weight is 284 g/mol. The van der Waals surface area contributed by atoms with E-state index in [-0.39, 0.29) is 0 Å². The molecule has 0 saturated carbocycles. The van der Waals surface area contributed by atoms with Gasteiger partial charge in [-0.25, -0.2) is 0 Å². The number of benzene rings is 1. The van der Waals surface area contributed by atoms with E-state index in [4.69, 9.17) is 0 Å². The van der Waals surface area contributed by atoms with E-state index in [9.17, 15) is 0 Å². The lowest BCUT2D eigenvalue weighted by Crippen LogP contribution is -2.33. The van der Waals surface area contributed by atoms with Gasteiger partial charge in [-0.15, -0.1) is 0 Å². The lowest BCUT2D eigenvalue weighted by molar-refractivity contribution is 0.167. The van der Waals surface area contributed by atoms with Crippen molar-refractivity contribution in [1.29, 1.82) is 0 Å². The molecule has 0 radical (unpaired) electrons. The van der Waals surface area contributed by atoms with E-state index < -0.39 is 0 Å². The largest absolute Gasteiger partial charge is 0.357 e. The fourth-order valence-electron chi connectivity index (χ4n) is 3.46. The first kappa shape index (κ1) is 14.6. The van der Waals surface area contributed by atoms with E-state index in [1.54, 1.807) is 0 Å². The quantitative estimate of drug-likeness (QED) is 0.834. The van der Waals surface area contributed by atoms with Gasteiger partial charge in [-0.1, -0.05) is 44.9 Å². The van der Waals surface area contributed by atoms with Crippen LogP contribution < -0.4 is 0 Å². The molecule has 2 nitrogen and oxygen atoms in total. The highest BCUT2D eigenvalue weighted by Crippen LogP contribution is 2.25. The van der Waals surface area contributed by atoms with Crippen molar-refractivity contribution < 1.29 is 0 Å². The monoisotopic (exact) mass is 284 g/mol. The fourth-order valence-corrected chi connectivity index (χ4v) is 3.46. The number of likely N-dealkylation sites (tertiary alicyclic amines) is 1. The Kier molecular flexibility index (Phi) is 4.64. The first-order chi connectivity index (χ1) is 10.2. The summed E-state index contributed by atoms with van der Waals surface area (Å²) in [6.45, 7) is 8.28. The van der Waals surface area contributed by atoms with Crippen molar-refractivity contribution in [2.75, 3.05) is 13.1 Å². The number of hydrogen-bond acceptors (Lipinski definition) is 1. The van der Waals surface area contributed by atoms with E-state index in [1.807, 2.05) is 0 Å². The Balaban J connectivity index is 1.51. The topological polar surface area (TPSA) is 19.0 Å². The number of rotatable bonds is 5. The maximum Gasteiger partial charge on any atom is 0.0456 e. The van der Waals surface area contributed by atoms with Gasteiger partial charge in [0, 0.05) is 17.8 Å². The van der Waals surface area contributed by atoms with Crippen LogP contribution in [0.15, 0.2) is 30.3 Å². The van der Waals surface area contributed by atoms with Gasteiger partial charge >= 0.3 is 0 Å². The van der Waals surface area contributed by atoms with Crippen LogP contribution in [0.4, 0.5) is 0 Å². The summed E-state index contributed by atoms with van der Waals surface area (Å²) >= 11 is 0. The summed E-state index contributed by atoms with van der Waals surface area (Å²) in [7, 11) is 0. The van der Waals surface area contributed by atoms with Crippen LogP contribution in [0.2, 0.25) is 0 Å². The average Bonchev–Trinajstić information content (AvgIpc) is 2.88. The van der Waals surface area contributed by atoms with Crippen LogP contribution in [0.25, 0.3) is 10.9 Å². The molecule has 0 aliphatic carbocycles. The van der Waals surface area contributed by atoms with Gasteiger partial charge in [-0.05, 0) is 55.3 Å². The van der Waals surface area contributed by atoms with Crippen LogP contribution in [0, 0.1) is 11.8 Å². The zero-order chi connectivity index (χ0) is 14.7. The first-order valence-electron chi connectivity index (χ1n) is 8.49. The molecule has 0 spiro atoms. The van der Waals surface area contributed by atoms with Gasteiger partial charge in [0.25, 0.3) is 0 Å². The van der Waals surface area contributed by atoms with Gasteiger partial charge in [-0.2, -0.15) is 0 Å². The van der Waals surface area contributed by atoms with Gasteiger partial charge in [0.05, 0.1) is 0 Å². The Bertz CT molecular complexity index is 529. The third-order valence-electron chi connectivity index (χ3n) is 4.84. The standard InChI is InChI=1S/C19H28N2/c1-15(2)7-8-16-9-11-21(12-10-16)14-18-13-17-5-3-4-6-19(17)20-18/h3-6,13,15-16,20H,7-12,14H2,1-2H3. The second-order valence-electron chi connectivity index (χ2n) is 7.07. The molecule has 0 unspecified atom stereocenters. The minimum atomic E-state index is 0.856. The summed E-state index contributed by atoms with van der Waals surface area (Å²) < 4.78 is 0. The summed E-state index contributed by atoms with van der Waals surface area (Å²) in [5, 5.41) is 1.33. The van der Waals surface area contributed by atoms with Crippen molar-refractivity contribution in [2.24, 2.45) is 11.8 Å².